The smallest absolute Gasteiger partial charge is 0.415 e. The van der Waals surface area contributed by atoms with Gasteiger partial charge in [0, 0.05) is 32.8 Å². The van der Waals surface area contributed by atoms with E-state index in [0.29, 0.717) is 50.8 Å². The molecule has 1 N–H and O–H groups in total. The van der Waals surface area contributed by atoms with E-state index in [1.165, 1.54) is 0 Å². The number of aliphatic carboxylic acids is 1. The van der Waals surface area contributed by atoms with Crippen LogP contribution >= 0.6 is 0 Å². The van der Waals surface area contributed by atoms with E-state index < -0.39 is 18.2 Å². The van der Waals surface area contributed by atoms with Gasteiger partial charge in [-0.05, 0) is 81.0 Å². The fraction of sp³-hybridized carbons (Fsp3) is 0.517. The first kappa shape index (κ1) is 30.1. The highest BCUT2D eigenvalue weighted by Gasteiger charge is 2.19. The molecule has 0 aliphatic rings. The Hall–Kier alpha value is -3.10. The standard InChI is InChI=1S/C29H41NO7/c1-6-15-34-16-8-13-30(29(33)37-26-19-22(4)21(3)18-23(26)5)14-17-36-25-11-9-24(10-12-25)20-27(28(31)32)35-7-2/h9-12,18-19,27H,6-8,13-17,20H2,1-5H3,(H,31,32). The lowest BCUT2D eigenvalue weighted by Gasteiger charge is -2.23. The molecule has 2 aromatic rings. The number of benzene rings is 2. The van der Waals surface area contributed by atoms with E-state index in [9.17, 15) is 14.7 Å². The first-order valence-electron chi connectivity index (χ1n) is 12.9. The van der Waals surface area contributed by atoms with Gasteiger partial charge in [-0.3, -0.25) is 0 Å². The molecule has 37 heavy (non-hydrogen) atoms. The highest BCUT2D eigenvalue weighted by molar-refractivity contribution is 5.73. The Morgan fingerprint density at radius 1 is 0.919 bits per heavy atom. The summed E-state index contributed by atoms with van der Waals surface area (Å²) >= 11 is 0. The van der Waals surface area contributed by atoms with Gasteiger partial charge in [-0.2, -0.15) is 0 Å². The zero-order valence-electron chi connectivity index (χ0n) is 22.7. The summed E-state index contributed by atoms with van der Waals surface area (Å²) in [6.07, 6.45) is 0.629. The lowest BCUT2D eigenvalue weighted by molar-refractivity contribution is -0.149. The third kappa shape index (κ3) is 10.4. The van der Waals surface area contributed by atoms with Crippen LogP contribution in [0.5, 0.6) is 11.5 Å². The molecule has 0 radical (unpaired) electrons. The molecule has 0 saturated carbocycles. The highest BCUT2D eigenvalue weighted by atomic mass is 16.6. The van der Waals surface area contributed by atoms with Gasteiger partial charge >= 0.3 is 12.1 Å². The molecular weight excluding hydrogens is 474 g/mol. The fourth-order valence-corrected chi connectivity index (χ4v) is 3.73. The average molecular weight is 516 g/mol. The number of nitrogens with zero attached hydrogens (tertiary/aromatic N) is 1. The van der Waals surface area contributed by atoms with Crippen LogP contribution in [-0.4, -0.2) is 67.7 Å². The second kappa shape index (κ2) is 15.9. The van der Waals surface area contributed by atoms with E-state index >= 15 is 0 Å². The third-order valence-corrected chi connectivity index (χ3v) is 5.93. The predicted molar refractivity (Wildman–Crippen MR) is 143 cm³/mol. The zero-order chi connectivity index (χ0) is 27.2. The second-order valence-electron chi connectivity index (χ2n) is 9.00. The lowest BCUT2D eigenvalue weighted by Crippen LogP contribution is -2.38. The quantitative estimate of drug-likeness (QED) is 0.302. The number of amides is 1. The summed E-state index contributed by atoms with van der Waals surface area (Å²) in [4.78, 5) is 26.0. The van der Waals surface area contributed by atoms with Crippen molar-refractivity contribution >= 4 is 12.1 Å². The van der Waals surface area contributed by atoms with Crippen molar-refractivity contribution in [1.29, 1.82) is 0 Å². The molecule has 8 nitrogen and oxygen atoms in total. The SMILES string of the molecule is CCCOCCCN(CCOc1ccc(CC(OCC)C(=O)O)cc1)C(=O)Oc1cc(C)c(C)cc1C. The molecule has 1 unspecified atom stereocenters. The molecule has 0 bridgehead atoms. The molecule has 1 amide bonds. The van der Waals surface area contributed by atoms with E-state index in [1.54, 1.807) is 24.0 Å². The van der Waals surface area contributed by atoms with Crippen LogP contribution in [0.2, 0.25) is 0 Å². The van der Waals surface area contributed by atoms with Gasteiger partial charge in [-0.25, -0.2) is 9.59 Å². The predicted octanol–water partition coefficient (Wildman–Crippen LogP) is 5.34. The molecule has 0 spiro atoms. The maximum absolute atomic E-state index is 13.0. The zero-order valence-corrected chi connectivity index (χ0v) is 22.7. The molecular formula is C29H41NO7. The number of carboxylic acid groups (broad SMARTS) is 1. The van der Waals surface area contributed by atoms with E-state index in [0.717, 1.165) is 28.7 Å². The molecule has 204 valence electrons. The maximum Gasteiger partial charge on any atom is 0.415 e. The van der Waals surface area contributed by atoms with Crippen LogP contribution in [0, 0.1) is 20.8 Å². The Morgan fingerprint density at radius 3 is 2.27 bits per heavy atom. The van der Waals surface area contributed by atoms with Crippen molar-refractivity contribution in [2.45, 2.75) is 60.0 Å². The monoisotopic (exact) mass is 515 g/mol. The van der Waals surface area contributed by atoms with Crippen LogP contribution in [0.4, 0.5) is 4.79 Å². The Labute approximate surface area is 220 Å². The summed E-state index contributed by atoms with van der Waals surface area (Å²) in [5, 5.41) is 9.27. The molecule has 0 fully saturated rings. The van der Waals surface area contributed by atoms with Crippen molar-refractivity contribution in [3.8, 4) is 11.5 Å². The molecule has 0 aromatic heterocycles. The van der Waals surface area contributed by atoms with Crippen LogP contribution in [0.15, 0.2) is 36.4 Å². The number of hydrogen-bond acceptors (Lipinski definition) is 6. The van der Waals surface area contributed by atoms with Crippen molar-refractivity contribution in [1.82, 2.24) is 4.90 Å². The fourth-order valence-electron chi connectivity index (χ4n) is 3.73. The van der Waals surface area contributed by atoms with Crippen LogP contribution in [-0.2, 0) is 20.7 Å². The lowest BCUT2D eigenvalue weighted by atomic mass is 10.1. The van der Waals surface area contributed by atoms with Crippen molar-refractivity contribution in [3.63, 3.8) is 0 Å². The summed E-state index contributed by atoms with van der Waals surface area (Å²) in [6, 6.07) is 11.1. The minimum atomic E-state index is -0.981. The first-order valence-corrected chi connectivity index (χ1v) is 12.9. The van der Waals surface area contributed by atoms with Gasteiger partial charge in [0.05, 0.1) is 6.54 Å². The van der Waals surface area contributed by atoms with Crippen molar-refractivity contribution in [2.75, 3.05) is 39.5 Å². The van der Waals surface area contributed by atoms with E-state index in [1.807, 2.05) is 45.0 Å². The largest absolute Gasteiger partial charge is 0.492 e. The van der Waals surface area contributed by atoms with Crippen molar-refractivity contribution in [3.05, 3.63) is 58.7 Å². The maximum atomic E-state index is 13.0. The first-order chi connectivity index (χ1) is 17.7. The molecule has 8 heteroatoms. The summed E-state index contributed by atoms with van der Waals surface area (Å²) in [5.41, 5.74) is 3.97. The van der Waals surface area contributed by atoms with Gasteiger partial charge in [0.15, 0.2) is 6.10 Å². The normalized spacial score (nSPS) is 11.7. The van der Waals surface area contributed by atoms with Gasteiger partial charge in [-0.1, -0.05) is 25.1 Å². The van der Waals surface area contributed by atoms with Crippen molar-refractivity contribution < 1.29 is 33.6 Å². The number of rotatable bonds is 16. The van der Waals surface area contributed by atoms with E-state index in [-0.39, 0.29) is 13.0 Å². The molecule has 0 heterocycles. The molecule has 1 atom stereocenters. The van der Waals surface area contributed by atoms with E-state index in [2.05, 4.69) is 6.92 Å². The Balaban J connectivity index is 1.96. The number of carboxylic acids is 1. The highest BCUT2D eigenvalue weighted by Crippen LogP contribution is 2.23. The minimum Gasteiger partial charge on any atom is -0.492 e. The Morgan fingerprint density at radius 2 is 1.62 bits per heavy atom. The summed E-state index contributed by atoms with van der Waals surface area (Å²) in [5.74, 6) is 0.213. The van der Waals surface area contributed by atoms with Gasteiger partial charge in [-0.15, -0.1) is 0 Å². The summed E-state index contributed by atoms with van der Waals surface area (Å²) in [6.45, 7) is 12.5. The van der Waals surface area contributed by atoms with Gasteiger partial charge in [0.2, 0.25) is 0 Å². The number of carbonyl (C=O) groups excluding carboxylic acids is 1. The summed E-state index contributed by atoms with van der Waals surface area (Å²) in [7, 11) is 0. The minimum absolute atomic E-state index is 0.279. The Bertz CT molecular complexity index is 990. The molecule has 0 saturated heterocycles. The van der Waals surface area contributed by atoms with Crippen LogP contribution in [0.1, 0.15) is 48.9 Å². The number of ether oxygens (including phenoxy) is 4. The molecule has 2 aromatic carbocycles. The third-order valence-electron chi connectivity index (χ3n) is 5.93. The van der Waals surface area contributed by atoms with Gasteiger partial charge < -0.3 is 29.0 Å². The topological polar surface area (TPSA) is 94.5 Å². The number of carbonyl (C=O) groups is 2. The van der Waals surface area contributed by atoms with Gasteiger partial charge in [0.1, 0.15) is 18.1 Å². The van der Waals surface area contributed by atoms with Crippen molar-refractivity contribution in [2.24, 2.45) is 0 Å². The average Bonchev–Trinajstić information content (AvgIpc) is 2.86. The molecule has 0 aliphatic heterocycles. The van der Waals surface area contributed by atoms with E-state index in [4.69, 9.17) is 18.9 Å². The number of hydrogen-bond donors (Lipinski definition) is 1. The van der Waals surface area contributed by atoms with Crippen LogP contribution in [0.25, 0.3) is 0 Å². The summed E-state index contributed by atoms with van der Waals surface area (Å²) < 4.78 is 22.5. The van der Waals surface area contributed by atoms with Crippen LogP contribution < -0.4 is 9.47 Å². The molecule has 2 rings (SSSR count). The Kier molecular flexibility index (Phi) is 12.9. The second-order valence-corrected chi connectivity index (χ2v) is 9.00. The van der Waals surface area contributed by atoms with Crippen LogP contribution in [0.3, 0.4) is 0 Å². The molecule has 0 aliphatic carbocycles. The number of aryl methyl sites for hydroxylation is 3. The van der Waals surface area contributed by atoms with Gasteiger partial charge in [0.25, 0.3) is 0 Å².